The number of hydrogen-bond donors (Lipinski definition) is 1. The molecule has 0 radical (unpaired) electrons. The summed E-state index contributed by atoms with van der Waals surface area (Å²) in [6, 6.07) is 17.0. The van der Waals surface area contributed by atoms with E-state index in [0.717, 1.165) is 32.0 Å². The SMILES string of the molecule is COc1ccc(Nc2ccc3ncc(-c4cc5cccc(OC(C)=O)c5s4)n3n2)cc1OC. The van der Waals surface area contributed by atoms with Crippen LogP contribution in [0.25, 0.3) is 26.3 Å². The second-order valence-electron chi connectivity index (χ2n) is 7.21. The molecule has 5 aromatic rings. The zero-order valence-corrected chi connectivity index (χ0v) is 19.0. The Labute approximate surface area is 193 Å². The fraction of sp³-hybridized carbons (Fsp3) is 0.125. The van der Waals surface area contributed by atoms with Gasteiger partial charge in [0.15, 0.2) is 23.0 Å². The minimum absolute atomic E-state index is 0.347. The van der Waals surface area contributed by atoms with Crippen molar-refractivity contribution in [2.24, 2.45) is 0 Å². The fourth-order valence-electron chi connectivity index (χ4n) is 3.57. The Morgan fingerprint density at radius 1 is 1.00 bits per heavy atom. The Balaban J connectivity index is 1.52. The number of imidazole rings is 1. The molecule has 0 saturated heterocycles. The van der Waals surface area contributed by atoms with Gasteiger partial charge in [0.1, 0.15) is 11.4 Å². The predicted molar refractivity (Wildman–Crippen MR) is 128 cm³/mol. The van der Waals surface area contributed by atoms with Gasteiger partial charge in [0.2, 0.25) is 0 Å². The normalized spacial score (nSPS) is 11.0. The summed E-state index contributed by atoms with van der Waals surface area (Å²) in [5.74, 6) is 2.13. The predicted octanol–water partition coefficient (Wildman–Crippen LogP) is 5.30. The lowest BCUT2D eigenvalue weighted by atomic mass is 10.2. The number of hydrogen-bond acceptors (Lipinski definition) is 8. The van der Waals surface area contributed by atoms with Gasteiger partial charge in [-0.25, -0.2) is 9.50 Å². The summed E-state index contributed by atoms with van der Waals surface area (Å²) >= 11 is 1.53. The molecule has 9 heteroatoms. The zero-order chi connectivity index (χ0) is 22.9. The van der Waals surface area contributed by atoms with Gasteiger partial charge in [0.05, 0.1) is 30.0 Å². The minimum atomic E-state index is -0.347. The van der Waals surface area contributed by atoms with Crippen LogP contribution >= 0.6 is 11.3 Å². The molecule has 33 heavy (non-hydrogen) atoms. The average Bonchev–Trinajstić information content (AvgIpc) is 3.43. The van der Waals surface area contributed by atoms with Gasteiger partial charge in [-0.1, -0.05) is 12.1 Å². The van der Waals surface area contributed by atoms with Crippen molar-refractivity contribution in [1.82, 2.24) is 14.6 Å². The average molecular weight is 461 g/mol. The number of methoxy groups -OCH3 is 2. The van der Waals surface area contributed by atoms with Crippen molar-refractivity contribution in [2.45, 2.75) is 6.92 Å². The zero-order valence-electron chi connectivity index (χ0n) is 18.2. The van der Waals surface area contributed by atoms with Crippen LogP contribution in [0.4, 0.5) is 11.5 Å². The van der Waals surface area contributed by atoms with E-state index in [1.807, 2.05) is 48.5 Å². The summed E-state index contributed by atoms with van der Waals surface area (Å²) in [6.07, 6.45) is 1.79. The first kappa shape index (κ1) is 20.8. The highest BCUT2D eigenvalue weighted by Gasteiger charge is 2.15. The number of esters is 1. The first-order chi connectivity index (χ1) is 16.1. The lowest BCUT2D eigenvalue weighted by molar-refractivity contribution is -0.131. The quantitative estimate of drug-likeness (QED) is 0.272. The summed E-state index contributed by atoms with van der Waals surface area (Å²) in [6.45, 7) is 1.40. The van der Waals surface area contributed by atoms with Gasteiger partial charge in [0, 0.05) is 18.7 Å². The van der Waals surface area contributed by atoms with Crippen molar-refractivity contribution >= 4 is 44.5 Å². The molecule has 0 aliphatic carbocycles. The van der Waals surface area contributed by atoms with Crippen LogP contribution in [0.2, 0.25) is 0 Å². The number of carbonyl (C=O) groups excluding carboxylic acids is 1. The van der Waals surface area contributed by atoms with E-state index in [-0.39, 0.29) is 5.97 Å². The standard InChI is InChI=1S/C24H20N4O4S/c1-14(29)32-19-6-4-5-15-11-21(33-24(15)19)17-13-25-23-10-9-22(27-28(17)23)26-16-7-8-18(30-2)20(12-16)31-3/h4-13H,1-3H3,(H,26,27). The number of ether oxygens (including phenoxy) is 3. The summed E-state index contributed by atoms with van der Waals surface area (Å²) in [5.41, 5.74) is 2.38. The van der Waals surface area contributed by atoms with E-state index in [0.29, 0.717) is 23.1 Å². The molecule has 3 aromatic heterocycles. The highest BCUT2D eigenvalue weighted by molar-refractivity contribution is 7.22. The first-order valence-corrected chi connectivity index (χ1v) is 10.9. The molecular weight excluding hydrogens is 440 g/mol. The molecule has 0 aliphatic rings. The third-order valence-corrected chi connectivity index (χ3v) is 6.22. The van der Waals surface area contributed by atoms with Crippen LogP contribution in [0.3, 0.4) is 0 Å². The Morgan fingerprint density at radius 3 is 2.64 bits per heavy atom. The lowest BCUT2D eigenvalue weighted by Crippen LogP contribution is -2.00. The van der Waals surface area contributed by atoms with Crippen molar-refractivity contribution in [3.05, 3.63) is 60.8 Å². The molecule has 5 rings (SSSR count). The van der Waals surface area contributed by atoms with E-state index in [1.54, 1.807) is 31.0 Å². The van der Waals surface area contributed by atoms with E-state index >= 15 is 0 Å². The van der Waals surface area contributed by atoms with Crippen molar-refractivity contribution in [1.29, 1.82) is 0 Å². The largest absolute Gasteiger partial charge is 0.493 e. The number of nitrogens with zero attached hydrogens (tertiary/aromatic N) is 3. The highest BCUT2D eigenvalue weighted by atomic mass is 32.1. The second kappa shape index (κ2) is 8.44. The molecule has 0 fully saturated rings. The number of nitrogens with one attached hydrogen (secondary N) is 1. The summed E-state index contributed by atoms with van der Waals surface area (Å²) in [7, 11) is 3.20. The molecular formula is C24H20N4O4S. The summed E-state index contributed by atoms with van der Waals surface area (Å²) in [5, 5.41) is 9.03. The van der Waals surface area contributed by atoms with Crippen molar-refractivity contribution in [3.63, 3.8) is 0 Å². The Hall–Kier alpha value is -4.11. The maximum absolute atomic E-state index is 11.5. The Kier molecular flexibility index (Phi) is 5.31. The Bertz CT molecular complexity index is 1490. The van der Waals surface area contributed by atoms with Gasteiger partial charge in [-0.3, -0.25) is 4.79 Å². The van der Waals surface area contributed by atoms with E-state index in [9.17, 15) is 4.79 Å². The monoisotopic (exact) mass is 460 g/mol. The van der Waals surface area contributed by atoms with Crippen molar-refractivity contribution in [3.8, 4) is 27.8 Å². The van der Waals surface area contributed by atoms with E-state index in [1.165, 1.54) is 18.3 Å². The molecule has 0 spiro atoms. The highest BCUT2D eigenvalue weighted by Crippen LogP contribution is 2.39. The summed E-state index contributed by atoms with van der Waals surface area (Å²) in [4.78, 5) is 16.9. The van der Waals surface area contributed by atoms with Crippen molar-refractivity contribution in [2.75, 3.05) is 19.5 Å². The van der Waals surface area contributed by atoms with Crippen LogP contribution in [0.5, 0.6) is 17.2 Å². The molecule has 3 heterocycles. The summed E-state index contributed by atoms with van der Waals surface area (Å²) < 4.78 is 18.7. The number of rotatable bonds is 6. The van der Waals surface area contributed by atoms with Gasteiger partial charge in [-0.05, 0) is 41.8 Å². The molecule has 0 aliphatic heterocycles. The molecule has 0 atom stereocenters. The fourth-order valence-corrected chi connectivity index (χ4v) is 4.67. The third kappa shape index (κ3) is 3.94. The number of aromatic nitrogens is 3. The molecule has 0 unspecified atom stereocenters. The number of fused-ring (bicyclic) bond motifs is 2. The van der Waals surface area contributed by atoms with E-state index < -0.39 is 0 Å². The van der Waals surface area contributed by atoms with Gasteiger partial charge >= 0.3 is 5.97 Å². The molecule has 0 saturated carbocycles. The number of carbonyl (C=O) groups is 1. The first-order valence-electron chi connectivity index (χ1n) is 10.1. The topological polar surface area (TPSA) is 87.0 Å². The molecule has 166 valence electrons. The van der Waals surface area contributed by atoms with Crippen molar-refractivity contribution < 1.29 is 19.0 Å². The maximum atomic E-state index is 11.5. The van der Waals surface area contributed by atoms with Gasteiger partial charge in [-0.15, -0.1) is 16.4 Å². The maximum Gasteiger partial charge on any atom is 0.308 e. The lowest BCUT2D eigenvalue weighted by Gasteiger charge is -2.11. The second-order valence-corrected chi connectivity index (χ2v) is 8.26. The Morgan fingerprint density at radius 2 is 1.85 bits per heavy atom. The molecule has 1 N–H and O–H groups in total. The molecule has 2 aromatic carbocycles. The third-order valence-electron chi connectivity index (χ3n) is 5.03. The van der Waals surface area contributed by atoms with Crippen LogP contribution in [0.15, 0.2) is 60.8 Å². The number of anilines is 2. The molecule has 0 bridgehead atoms. The van der Waals surface area contributed by atoms with Crippen LogP contribution in [0.1, 0.15) is 6.92 Å². The number of benzene rings is 2. The molecule has 0 amide bonds. The van der Waals surface area contributed by atoms with Crippen LogP contribution < -0.4 is 19.5 Å². The van der Waals surface area contributed by atoms with Crippen LogP contribution in [0, 0.1) is 0 Å². The van der Waals surface area contributed by atoms with E-state index in [2.05, 4.69) is 10.3 Å². The minimum Gasteiger partial charge on any atom is -0.493 e. The number of thiophene rings is 1. The molecule has 8 nitrogen and oxygen atoms in total. The smallest absolute Gasteiger partial charge is 0.308 e. The van der Waals surface area contributed by atoms with Crippen LogP contribution in [-0.4, -0.2) is 34.8 Å². The van der Waals surface area contributed by atoms with Gasteiger partial charge in [-0.2, -0.15) is 0 Å². The van der Waals surface area contributed by atoms with Crippen LogP contribution in [-0.2, 0) is 4.79 Å². The van der Waals surface area contributed by atoms with Gasteiger partial charge < -0.3 is 19.5 Å². The van der Waals surface area contributed by atoms with E-state index in [4.69, 9.17) is 19.3 Å². The van der Waals surface area contributed by atoms with Gasteiger partial charge in [0.25, 0.3) is 0 Å².